The molecule has 0 saturated heterocycles. The van der Waals surface area contributed by atoms with Crippen LogP contribution in [0.5, 0.6) is 0 Å². The van der Waals surface area contributed by atoms with E-state index < -0.39 is 0 Å². The predicted octanol–water partition coefficient (Wildman–Crippen LogP) is 4.33. The number of carbonyl (C=O) groups excluding carboxylic acids is 1. The molecule has 0 aromatic heterocycles. The maximum atomic E-state index is 12.4. The number of amides is 2. The van der Waals surface area contributed by atoms with Gasteiger partial charge in [0.2, 0.25) is 0 Å². The van der Waals surface area contributed by atoms with E-state index in [0.29, 0.717) is 0 Å². The van der Waals surface area contributed by atoms with Gasteiger partial charge in [-0.1, -0.05) is 24.6 Å². The summed E-state index contributed by atoms with van der Waals surface area (Å²) >= 11 is 0. The van der Waals surface area contributed by atoms with E-state index in [0.717, 1.165) is 29.4 Å². The molecule has 4 saturated carbocycles. The van der Waals surface area contributed by atoms with E-state index >= 15 is 0 Å². The Morgan fingerprint density at radius 1 is 1.09 bits per heavy atom. The number of hydrogen-bond acceptors (Lipinski definition) is 1. The zero-order valence-electron chi connectivity index (χ0n) is 13.6. The van der Waals surface area contributed by atoms with Gasteiger partial charge in [-0.3, -0.25) is 0 Å². The van der Waals surface area contributed by atoms with Gasteiger partial charge in [-0.15, -0.1) is 0 Å². The third-order valence-corrected chi connectivity index (χ3v) is 6.43. The highest BCUT2D eigenvalue weighted by Gasteiger charge is 2.54. The molecular weight excluding hydrogens is 272 g/mol. The zero-order chi connectivity index (χ0) is 15.3. The Labute approximate surface area is 132 Å². The van der Waals surface area contributed by atoms with Crippen molar-refractivity contribution in [2.24, 2.45) is 23.7 Å². The molecule has 118 valence electrons. The van der Waals surface area contributed by atoms with Crippen molar-refractivity contribution in [1.82, 2.24) is 5.32 Å². The van der Waals surface area contributed by atoms with E-state index in [1.807, 2.05) is 24.3 Å². The summed E-state index contributed by atoms with van der Waals surface area (Å²) in [7, 11) is 0. The molecule has 1 aromatic carbocycles. The van der Waals surface area contributed by atoms with Crippen molar-refractivity contribution >= 4 is 11.7 Å². The number of aryl methyl sites for hydroxylation is 1. The molecule has 2 N–H and O–H groups in total. The van der Waals surface area contributed by atoms with Gasteiger partial charge in [0.15, 0.2) is 0 Å². The van der Waals surface area contributed by atoms with Gasteiger partial charge in [0.05, 0.1) is 0 Å². The Morgan fingerprint density at radius 2 is 1.73 bits per heavy atom. The number of benzene rings is 1. The van der Waals surface area contributed by atoms with Crippen LogP contribution in [0.2, 0.25) is 0 Å². The lowest BCUT2D eigenvalue weighted by atomic mass is 9.49. The van der Waals surface area contributed by atoms with Crippen molar-refractivity contribution in [3.8, 4) is 0 Å². The van der Waals surface area contributed by atoms with Crippen LogP contribution in [0.15, 0.2) is 24.3 Å². The molecule has 2 atom stereocenters. The minimum Gasteiger partial charge on any atom is -0.332 e. The van der Waals surface area contributed by atoms with Gasteiger partial charge in [0.1, 0.15) is 0 Å². The van der Waals surface area contributed by atoms with E-state index in [4.69, 9.17) is 0 Å². The first-order chi connectivity index (χ1) is 10.5. The molecule has 0 radical (unpaired) electrons. The zero-order valence-corrected chi connectivity index (χ0v) is 13.6. The molecule has 4 fully saturated rings. The fourth-order valence-electron chi connectivity index (χ4n) is 5.47. The Bertz CT molecular complexity index is 564. The van der Waals surface area contributed by atoms with Gasteiger partial charge >= 0.3 is 6.03 Å². The van der Waals surface area contributed by atoms with Crippen molar-refractivity contribution in [2.75, 3.05) is 5.32 Å². The number of anilines is 1. The minimum atomic E-state index is -0.0292. The summed E-state index contributed by atoms with van der Waals surface area (Å²) in [4.78, 5) is 12.4. The van der Waals surface area contributed by atoms with Crippen LogP contribution in [0, 0.1) is 30.6 Å². The third kappa shape index (κ3) is 2.41. The Morgan fingerprint density at radius 3 is 2.36 bits per heavy atom. The number of urea groups is 1. The summed E-state index contributed by atoms with van der Waals surface area (Å²) in [5.41, 5.74) is 2.15. The van der Waals surface area contributed by atoms with Crippen molar-refractivity contribution in [2.45, 2.75) is 51.5 Å². The van der Waals surface area contributed by atoms with E-state index in [1.54, 1.807) is 0 Å². The summed E-state index contributed by atoms with van der Waals surface area (Å²) in [5.74, 6) is 3.34. The standard InChI is InChI=1S/C19H26N2O/c1-12-3-5-17(6-4-12)20-18(22)21-19-9-14-7-15(10-19)13(2)16(8-14)11-19/h3-6,13-16H,7-11H2,1-2H3,(H2,20,21,22). The number of nitrogens with one attached hydrogen (secondary N) is 2. The Kier molecular flexibility index (Phi) is 3.21. The summed E-state index contributed by atoms with van der Waals surface area (Å²) in [6.45, 7) is 4.48. The fraction of sp³-hybridized carbons (Fsp3) is 0.632. The lowest BCUT2D eigenvalue weighted by Gasteiger charge is -2.59. The molecule has 3 heteroatoms. The van der Waals surface area contributed by atoms with Crippen molar-refractivity contribution in [1.29, 1.82) is 0 Å². The first-order valence-corrected chi connectivity index (χ1v) is 8.69. The first-order valence-electron chi connectivity index (χ1n) is 8.69. The number of carbonyl (C=O) groups is 1. The topological polar surface area (TPSA) is 41.1 Å². The van der Waals surface area contributed by atoms with Crippen LogP contribution in [0.4, 0.5) is 10.5 Å². The largest absolute Gasteiger partial charge is 0.332 e. The van der Waals surface area contributed by atoms with Gasteiger partial charge in [0, 0.05) is 11.2 Å². The SMILES string of the molecule is Cc1ccc(NC(=O)NC23CC4CC(C2)C(C)C(C4)C3)cc1. The van der Waals surface area contributed by atoms with Crippen molar-refractivity contribution in [3.05, 3.63) is 29.8 Å². The van der Waals surface area contributed by atoms with Crippen LogP contribution >= 0.6 is 0 Å². The summed E-state index contributed by atoms with van der Waals surface area (Å²) in [5, 5.41) is 6.36. The van der Waals surface area contributed by atoms with Gasteiger partial charge < -0.3 is 10.6 Å². The average molecular weight is 298 g/mol. The normalized spacial score (nSPS) is 38.8. The van der Waals surface area contributed by atoms with E-state index in [-0.39, 0.29) is 11.6 Å². The lowest BCUT2D eigenvalue weighted by molar-refractivity contribution is -0.0540. The molecule has 0 spiro atoms. The molecule has 4 aliphatic carbocycles. The van der Waals surface area contributed by atoms with Gasteiger partial charge in [0.25, 0.3) is 0 Å². The monoisotopic (exact) mass is 298 g/mol. The van der Waals surface area contributed by atoms with Crippen LogP contribution in [-0.2, 0) is 0 Å². The van der Waals surface area contributed by atoms with Crippen LogP contribution < -0.4 is 10.6 Å². The fourth-order valence-corrected chi connectivity index (χ4v) is 5.47. The van der Waals surface area contributed by atoms with Crippen LogP contribution in [-0.4, -0.2) is 11.6 Å². The highest BCUT2D eigenvalue weighted by atomic mass is 16.2. The second kappa shape index (κ2) is 5.00. The minimum absolute atomic E-state index is 0.0292. The molecule has 2 amide bonds. The highest BCUT2D eigenvalue weighted by molar-refractivity contribution is 5.89. The molecule has 5 rings (SSSR count). The molecular formula is C19H26N2O. The average Bonchev–Trinajstić information content (AvgIpc) is 2.45. The third-order valence-electron chi connectivity index (χ3n) is 6.43. The van der Waals surface area contributed by atoms with Crippen molar-refractivity contribution in [3.63, 3.8) is 0 Å². The molecule has 22 heavy (non-hydrogen) atoms. The smallest absolute Gasteiger partial charge is 0.319 e. The summed E-state index contributed by atoms with van der Waals surface area (Å²) < 4.78 is 0. The molecule has 3 nitrogen and oxygen atoms in total. The molecule has 1 aromatic rings. The molecule has 2 unspecified atom stereocenters. The molecule has 4 bridgehead atoms. The van der Waals surface area contributed by atoms with Gasteiger partial charge in [-0.05, 0) is 74.8 Å². The maximum absolute atomic E-state index is 12.4. The lowest BCUT2D eigenvalue weighted by Crippen LogP contribution is -2.62. The number of rotatable bonds is 2. The van der Waals surface area contributed by atoms with E-state index in [2.05, 4.69) is 24.5 Å². The van der Waals surface area contributed by atoms with Crippen LogP contribution in [0.3, 0.4) is 0 Å². The van der Waals surface area contributed by atoms with Gasteiger partial charge in [-0.2, -0.15) is 0 Å². The maximum Gasteiger partial charge on any atom is 0.319 e. The van der Waals surface area contributed by atoms with E-state index in [9.17, 15) is 4.79 Å². The van der Waals surface area contributed by atoms with Crippen LogP contribution in [0.1, 0.15) is 44.6 Å². The van der Waals surface area contributed by atoms with E-state index in [1.165, 1.54) is 37.7 Å². The first kappa shape index (κ1) is 14.1. The summed E-state index contributed by atoms with van der Waals surface area (Å²) in [6, 6.07) is 7.97. The second-order valence-electron chi connectivity index (χ2n) is 8.05. The number of hydrogen-bond donors (Lipinski definition) is 2. The molecule has 4 aliphatic rings. The highest BCUT2D eigenvalue weighted by Crippen LogP contribution is 2.58. The van der Waals surface area contributed by atoms with Crippen LogP contribution in [0.25, 0.3) is 0 Å². The molecule has 0 aliphatic heterocycles. The quantitative estimate of drug-likeness (QED) is 0.838. The summed E-state index contributed by atoms with van der Waals surface area (Å²) in [6.07, 6.45) is 6.33. The van der Waals surface area contributed by atoms with Crippen molar-refractivity contribution < 1.29 is 4.79 Å². The van der Waals surface area contributed by atoms with Gasteiger partial charge in [-0.25, -0.2) is 4.79 Å². The molecule has 0 heterocycles. The Hall–Kier alpha value is -1.51. The Balaban J connectivity index is 1.44. The predicted molar refractivity (Wildman–Crippen MR) is 88.8 cm³/mol. The second-order valence-corrected chi connectivity index (χ2v) is 8.05.